The molecule has 0 amide bonds. The van der Waals surface area contributed by atoms with E-state index in [9.17, 15) is 9.18 Å². The summed E-state index contributed by atoms with van der Waals surface area (Å²) in [4.78, 5) is 12.1. The lowest BCUT2D eigenvalue weighted by atomic mass is 10.2. The quantitative estimate of drug-likeness (QED) is 0.317. The molecule has 126 valence electrons. The highest BCUT2D eigenvalue weighted by Gasteiger charge is 2.20. The molecule has 0 bridgehead atoms. The van der Waals surface area contributed by atoms with Crippen molar-refractivity contribution >= 4 is 17.7 Å². The highest BCUT2D eigenvalue weighted by atomic mass is 32.2. The smallest absolute Gasteiger partial charge is 0.319 e. The van der Waals surface area contributed by atoms with Crippen molar-refractivity contribution in [1.29, 1.82) is 0 Å². The Morgan fingerprint density at radius 1 is 1.10 bits per heavy atom. The Labute approximate surface area is 134 Å². The van der Waals surface area contributed by atoms with E-state index in [1.165, 1.54) is 0 Å². The summed E-state index contributed by atoms with van der Waals surface area (Å²) in [6.45, 7) is 6.57. The number of carbonyl (C=O) groups excluding carboxylic acids is 1. The molecule has 0 aromatic rings. The fourth-order valence-electron chi connectivity index (χ4n) is 1.95. The van der Waals surface area contributed by atoms with Crippen molar-refractivity contribution in [3.05, 3.63) is 0 Å². The van der Waals surface area contributed by atoms with Gasteiger partial charge in [0.2, 0.25) is 0 Å². The molecule has 0 aromatic carbocycles. The molecule has 2 nitrogen and oxygen atoms in total. The van der Waals surface area contributed by atoms with Gasteiger partial charge in [0.25, 0.3) is 0 Å². The number of hydrogen-bond donors (Lipinski definition) is 0. The molecule has 0 heterocycles. The van der Waals surface area contributed by atoms with Crippen LogP contribution in [0.4, 0.5) is 4.39 Å². The number of thioether (sulfide) groups is 1. The molecule has 0 aliphatic heterocycles. The van der Waals surface area contributed by atoms with Crippen molar-refractivity contribution in [1.82, 2.24) is 0 Å². The molecule has 21 heavy (non-hydrogen) atoms. The van der Waals surface area contributed by atoms with Gasteiger partial charge < -0.3 is 4.74 Å². The van der Waals surface area contributed by atoms with Gasteiger partial charge in [-0.15, -0.1) is 11.8 Å². The summed E-state index contributed by atoms with van der Waals surface area (Å²) in [6, 6.07) is 0. The molecule has 0 spiro atoms. The Bertz CT molecular complexity index is 247. The minimum Gasteiger partial charge on any atom is -0.465 e. The van der Waals surface area contributed by atoms with Gasteiger partial charge in [0.05, 0.1) is 13.3 Å². The number of ether oxygens (including phenoxy) is 1. The summed E-state index contributed by atoms with van der Waals surface area (Å²) in [5.74, 6) is 1.35. The summed E-state index contributed by atoms with van der Waals surface area (Å²) in [5.41, 5.74) is 0. The van der Waals surface area contributed by atoms with Crippen LogP contribution in [0.1, 0.15) is 72.1 Å². The topological polar surface area (TPSA) is 26.3 Å². The van der Waals surface area contributed by atoms with Gasteiger partial charge in [-0.25, -0.2) is 0 Å². The van der Waals surface area contributed by atoms with Crippen LogP contribution in [0.25, 0.3) is 0 Å². The lowest BCUT2D eigenvalue weighted by molar-refractivity contribution is -0.144. The molecule has 0 fully saturated rings. The fourth-order valence-corrected chi connectivity index (χ4v) is 3.15. The van der Waals surface area contributed by atoms with Crippen molar-refractivity contribution in [2.75, 3.05) is 19.0 Å². The van der Waals surface area contributed by atoms with E-state index in [2.05, 4.69) is 20.8 Å². The van der Waals surface area contributed by atoms with Crippen LogP contribution < -0.4 is 0 Å². The normalized spacial score (nSPS) is 12.6. The number of hydrogen-bond acceptors (Lipinski definition) is 3. The lowest BCUT2D eigenvalue weighted by Gasteiger charge is -2.16. The van der Waals surface area contributed by atoms with Gasteiger partial charge in [-0.05, 0) is 30.9 Å². The number of alkyl halides is 1. The van der Waals surface area contributed by atoms with Gasteiger partial charge in [0.1, 0.15) is 5.25 Å². The number of carbonyl (C=O) groups is 1. The van der Waals surface area contributed by atoms with Crippen molar-refractivity contribution in [3.8, 4) is 0 Å². The Kier molecular flexibility index (Phi) is 14.5. The van der Waals surface area contributed by atoms with Crippen LogP contribution >= 0.6 is 11.8 Å². The van der Waals surface area contributed by atoms with Crippen molar-refractivity contribution in [3.63, 3.8) is 0 Å². The Balaban J connectivity index is 3.86. The van der Waals surface area contributed by atoms with Crippen molar-refractivity contribution in [2.45, 2.75) is 77.4 Å². The van der Waals surface area contributed by atoms with Crippen LogP contribution in [-0.4, -0.2) is 30.3 Å². The average molecular weight is 321 g/mol. The van der Waals surface area contributed by atoms with E-state index < -0.39 is 0 Å². The first-order valence-corrected chi connectivity index (χ1v) is 9.50. The van der Waals surface area contributed by atoms with Gasteiger partial charge >= 0.3 is 5.97 Å². The monoisotopic (exact) mass is 320 g/mol. The number of rotatable bonds is 14. The number of unbranched alkanes of at least 4 members (excludes halogenated alkanes) is 5. The second-order valence-electron chi connectivity index (χ2n) is 5.98. The third kappa shape index (κ3) is 13.2. The number of halogens is 1. The first kappa shape index (κ1) is 20.8. The Morgan fingerprint density at radius 2 is 1.76 bits per heavy atom. The molecule has 4 heteroatoms. The summed E-state index contributed by atoms with van der Waals surface area (Å²) < 4.78 is 17.3. The summed E-state index contributed by atoms with van der Waals surface area (Å²) in [6.07, 6.45) is 8.11. The second-order valence-corrected chi connectivity index (χ2v) is 7.29. The maximum atomic E-state index is 12.1. The average Bonchev–Trinajstić information content (AvgIpc) is 2.46. The van der Waals surface area contributed by atoms with Crippen LogP contribution in [0, 0.1) is 5.92 Å². The van der Waals surface area contributed by atoms with Crippen molar-refractivity contribution < 1.29 is 13.9 Å². The van der Waals surface area contributed by atoms with E-state index in [1.54, 1.807) is 11.8 Å². The zero-order valence-corrected chi connectivity index (χ0v) is 14.9. The van der Waals surface area contributed by atoms with Crippen LogP contribution in [0.2, 0.25) is 0 Å². The van der Waals surface area contributed by atoms with E-state index in [4.69, 9.17) is 4.74 Å². The largest absolute Gasteiger partial charge is 0.465 e. The molecular formula is C17H33FO2S. The molecule has 1 unspecified atom stereocenters. The van der Waals surface area contributed by atoms with Gasteiger partial charge in [0, 0.05) is 0 Å². The lowest BCUT2D eigenvalue weighted by Crippen LogP contribution is -2.22. The summed E-state index contributed by atoms with van der Waals surface area (Å²) in [7, 11) is 0. The van der Waals surface area contributed by atoms with E-state index in [1.807, 2.05) is 0 Å². The predicted octanol–water partition coefficient (Wildman–Crippen LogP) is 5.40. The van der Waals surface area contributed by atoms with E-state index in [0.29, 0.717) is 18.9 Å². The predicted molar refractivity (Wildman–Crippen MR) is 90.6 cm³/mol. The van der Waals surface area contributed by atoms with Crippen LogP contribution in [-0.2, 0) is 9.53 Å². The highest BCUT2D eigenvalue weighted by molar-refractivity contribution is 8.00. The molecule has 0 saturated heterocycles. The molecular weight excluding hydrogens is 287 g/mol. The maximum Gasteiger partial charge on any atom is 0.319 e. The maximum absolute atomic E-state index is 12.1. The SMILES string of the molecule is CCCCC(SCCCCCCCF)C(=O)OCC(C)C. The van der Waals surface area contributed by atoms with Gasteiger partial charge in [-0.1, -0.05) is 52.9 Å². The third-order valence-corrected chi connectivity index (χ3v) is 4.59. The summed E-state index contributed by atoms with van der Waals surface area (Å²) in [5, 5.41) is -0.00505. The second kappa shape index (κ2) is 14.7. The number of esters is 1. The molecule has 0 aliphatic rings. The molecule has 0 radical (unpaired) electrons. The zero-order chi connectivity index (χ0) is 15.9. The zero-order valence-electron chi connectivity index (χ0n) is 14.0. The minimum atomic E-state index is -0.199. The van der Waals surface area contributed by atoms with Crippen LogP contribution in [0.3, 0.4) is 0 Å². The first-order valence-electron chi connectivity index (χ1n) is 8.46. The molecule has 1 atom stereocenters. The minimum absolute atomic E-state index is 0.00505. The fraction of sp³-hybridized carbons (Fsp3) is 0.941. The third-order valence-electron chi connectivity index (χ3n) is 3.24. The van der Waals surface area contributed by atoms with E-state index >= 15 is 0 Å². The molecule has 0 aliphatic carbocycles. The highest BCUT2D eigenvalue weighted by Crippen LogP contribution is 2.21. The molecule has 0 rings (SSSR count). The summed E-state index contributed by atoms with van der Waals surface area (Å²) >= 11 is 1.74. The Hall–Kier alpha value is -0.250. The standard InChI is InChI=1S/C17H33FO2S/c1-4-5-11-16(17(19)20-14-15(2)3)21-13-10-8-6-7-9-12-18/h15-16H,4-14H2,1-3H3. The molecule has 0 N–H and O–H groups in total. The van der Waals surface area contributed by atoms with Gasteiger partial charge in [-0.2, -0.15) is 0 Å². The molecule has 0 saturated carbocycles. The van der Waals surface area contributed by atoms with Crippen LogP contribution in [0.15, 0.2) is 0 Å². The van der Waals surface area contributed by atoms with E-state index in [-0.39, 0.29) is 17.9 Å². The van der Waals surface area contributed by atoms with Crippen molar-refractivity contribution in [2.24, 2.45) is 5.92 Å². The molecule has 0 aromatic heterocycles. The van der Waals surface area contributed by atoms with Gasteiger partial charge in [-0.3, -0.25) is 9.18 Å². The first-order chi connectivity index (χ1) is 10.1. The van der Waals surface area contributed by atoms with E-state index in [0.717, 1.165) is 50.7 Å². The Morgan fingerprint density at radius 3 is 2.38 bits per heavy atom. The van der Waals surface area contributed by atoms with Crippen LogP contribution in [0.5, 0.6) is 0 Å². The van der Waals surface area contributed by atoms with Gasteiger partial charge in [0.15, 0.2) is 0 Å².